The van der Waals surface area contributed by atoms with Crippen molar-refractivity contribution in [2.24, 2.45) is 46.3 Å². The second-order valence-corrected chi connectivity index (χ2v) is 13.4. The van der Waals surface area contributed by atoms with Crippen molar-refractivity contribution >= 4 is 11.9 Å². The van der Waals surface area contributed by atoms with Crippen molar-refractivity contribution < 1.29 is 42.4 Å². The third-order valence-corrected chi connectivity index (χ3v) is 11.8. The van der Waals surface area contributed by atoms with Gasteiger partial charge in [0.2, 0.25) is 0 Å². The third kappa shape index (κ3) is 5.23. The fraction of sp³-hybridized carbons (Fsp3) is 0.931. The number of esters is 1. The minimum Gasteiger partial charge on any atom is -0.481 e. The number of carbonyl (C=O) groups is 2. The molecule has 0 radical (unpaired) electrons. The van der Waals surface area contributed by atoms with Gasteiger partial charge in [0.15, 0.2) is 12.4 Å². The number of fused-ring (bicyclic) bond motifs is 5. The Hall–Kier alpha value is -1.35. The van der Waals surface area contributed by atoms with Crippen LogP contribution in [-0.2, 0) is 19.1 Å². The van der Waals surface area contributed by atoms with E-state index >= 15 is 0 Å². The predicted octanol–water partition coefficient (Wildman–Crippen LogP) is 6.35. The van der Waals surface area contributed by atoms with Gasteiger partial charge in [-0.15, -0.1) is 0 Å². The predicted molar refractivity (Wildman–Crippen MR) is 134 cm³/mol. The summed E-state index contributed by atoms with van der Waals surface area (Å²) in [6.45, 7) is 8.60. The third-order valence-electron chi connectivity index (χ3n) is 11.8. The fourth-order valence-corrected chi connectivity index (χ4v) is 9.37. The van der Waals surface area contributed by atoms with Crippen molar-refractivity contribution in [3.05, 3.63) is 0 Å². The zero-order valence-corrected chi connectivity index (χ0v) is 23.2. The van der Waals surface area contributed by atoms with Crippen LogP contribution < -0.4 is 0 Å². The van der Waals surface area contributed by atoms with E-state index < -0.39 is 23.7 Å². The van der Waals surface area contributed by atoms with Gasteiger partial charge in [0.25, 0.3) is 0 Å². The van der Waals surface area contributed by atoms with Crippen molar-refractivity contribution in [2.45, 2.75) is 116 Å². The van der Waals surface area contributed by atoms with Crippen molar-refractivity contribution in [3.63, 3.8) is 0 Å². The highest BCUT2D eigenvalue weighted by atomic mass is 19.4. The summed E-state index contributed by atoms with van der Waals surface area (Å²) in [6, 6.07) is 0. The second-order valence-electron chi connectivity index (χ2n) is 13.4. The molecule has 6 nitrogen and oxygen atoms in total. The Morgan fingerprint density at radius 2 is 1.63 bits per heavy atom. The molecule has 4 aliphatic rings. The van der Waals surface area contributed by atoms with Crippen LogP contribution in [0.2, 0.25) is 0 Å². The number of carbonyl (C=O) groups excluding carboxylic acids is 1. The molecule has 4 aliphatic carbocycles. The summed E-state index contributed by atoms with van der Waals surface area (Å²) in [5.41, 5.74) is -2.55. The Morgan fingerprint density at radius 1 is 0.947 bits per heavy atom. The van der Waals surface area contributed by atoms with Gasteiger partial charge in [0.05, 0.1) is 18.9 Å². The van der Waals surface area contributed by atoms with E-state index in [9.17, 15) is 27.9 Å². The number of carboxylic acid groups (broad SMARTS) is 1. The first kappa shape index (κ1) is 29.6. The van der Waals surface area contributed by atoms with E-state index in [1.165, 1.54) is 0 Å². The van der Waals surface area contributed by atoms with Crippen LogP contribution in [0.4, 0.5) is 13.2 Å². The van der Waals surface area contributed by atoms with Crippen LogP contribution in [0.1, 0.15) is 98.3 Å². The van der Waals surface area contributed by atoms with E-state index in [1.54, 1.807) is 0 Å². The van der Waals surface area contributed by atoms with Gasteiger partial charge >= 0.3 is 18.1 Å². The Morgan fingerprint density at radius 3 is 2.29 bits per heavy atom. The molecule has 0 aromatic carbocycles. The highest BCUT2D eigenvalue weighted by Crippen LogP contribution is 2.69. The molecule has 0 heterocycles. The van der Waals surface area contributed by atoms with Crippen LogP contribution in [0.5, 0.6) is 0 Å². The average molecular weight is 547 g/mol. The summed E-state index contributed by atoms with van der Waals surface area (Å²) in [5, 5.41) is 19.1. The maximum absolute atomic E-state index is 13.6. The van der Waals surface area contributed by atoms with Crippen LogP contribution in [-0.4, -0.2) is 46.8 Å². The number of carboxylic acids is 1. The van der Waals surface area contributed by atoms with E-state index in [0.29, 0.717) is 30.1 Å². The van der Waals surface area contributed by atoms with Crippen LogP contribution in [0.25, 0.3) is 0 Å². The van der Waals surface area contributed by atoms with E-state index in [1.807, 2.05) is 6.92 Å². The molecule has 0 aromatic rings. The fourth-order valence-electron chi connectivity index (χ4n) is 9.37. The lowest BCUT2D eigenvalue weighted by Gasteiger charge is -2.62. The Bertz CT molecular complexity index is 894. The zero-order valence-electron chi connectivity index (χ0n) is 23.2. The summed E-state index contributed by atoms with van der Waals surface area (Å²) in [7, 11) is 0. The van der Waals surface area contributed by atoms with Crippen LogP contribution >= 0.6 is 0 Å². The first-order valence-corrected chi connectivity index (χ1v) is 14.4. The number of aliphatic carboxylic acids is 1. The summed E-state index contributed by atoms with van der Waals surface area (Å²) in [5.74, 6) is 0.422. The quantitative estimate of drug-likeness (QED) is 0.272. The molecular formula is C29H45F3O6. The number of ether oxygens (including phenoxy) is 2. The molecule has 10 atom stereocenters. The zero-order chi connectivity index (χ0) is 28.1. The Balaban J connectivity index is 1.37. The van der Waals surface area contributed by atoms with Gasteiger partial charge in [-0.2, -0.15) is 13.2 Å². The lowest BCUT2D eigenvalue weighted by atomic mass is 9.43. The molecule has 218 valence electrons. The minimum atomic E-state index is -4.57. The standard InChI is InChI=1S/C29H45F3O6/c1-17(18(2)37-16-38-25(35)10-9-24(33)34)21-7-8-22-20-6-5-19-15-28(36,29(30,31)32)14-13-26(19,3)23(20)11-12-27(21,22)4/h17-23,36H,5-16H2,1-4H3,(H,33,34)/t17-,18-,19-,20+,21-,22+,23+,26+,27-,28-/m1/s1. The summed E-state index contributed by atoms with van der Waals surface area (Å²) in [4.78, 5) is 22.3. The second kappa shape index (κ2) is 10.6. The number of alkyl halides is 3. The number of aliphatic hydroxyl groups is 1. The molecule has 0 aliphatic heterocycles. The van der Waals surface area contributed by atoms with E-state index in [0.717, 1.165) is 38.5 Å². The van der Waals surface area contributed by atoms with Gasteiger partial charge < -0.3 is 19.7 Å². The molecule has 0 aromatic heterocycles. The molecule has 0 saturated heterocycles. The number of hydrogen-bond acceptors (Lipinski definition) is 5. The van der Waals surface area contributed by atoms with Crippen LogP contribution in [0.3, 0.4) is 0 Å². The van der Waals surface area contributed by atoms with Gasteiger partial charge in [0.1, 0.15) is 0 Å². The molecule has 38 heavy (non-hydrogen) atoms. The first-order valence-electron chi connectivity index (χ1n) is 14.4. The first-order chi connectivity index (χ1) is 17.6. The van der Waals surface area contributed by atoms with Gasteiger partial charge in [-0.3, -0.25) is 9.59 Å². The van der Waals surface area contributed by atoms with Crippen LogP contribution in [0, 0.1) is 46.3 Å². The topological polar surface area (TPSA) is 93.1 Å². The van der Waals surface area contributed by atoms with Crippen molar-refractivity contribution in [1.29, 1.82) is 0 Å². The molecule has 0 unspecified atom stereocenters. The molecule has 0 amide bonds. The maximum atomic E-state index is 13.6. The normalized spacial score (nSPS) is 42.4. The van der Waals surface area contributed by atoms with Crippen molar-refractivity contribution in [3.8, 4) is 0 Å². The highest BCUT2D eigenvalue weighted by Gasteiger charge is 2.65. The summed E-state index contributed by atoms with van der Waals surface area (Å²) in [6.07, 6.45) is 0.932. The lowest BCUT2D eigenvalue weighted by Crippen LogP contribution is -2.59. The molecule has 9 heteroatoms. The van der Waals surface area contributed by atoms with Gasteiger partial charge in [-0.05, 0) is 111 Å². The summed E-state index contributed by atoms with van der Waals surface area (Å²) >= 11 is 0. The van der Waals surface area contributed by atoms with E-state index in [-0.39, 0.29) is 61.2 Å². The maximum Gasteiger partial charge on any atom is 0.417 e. The van der Waals surface area contributed by atoms with Gasteiger partial charge in [-0.25, -0.2) is 0 Å². The highest BCUT2D eigenvalue weighted by molar-refractivity contribution is 5.76. The summed E-state index contributed by atoms with van der Waals surface area (Å²) < 4.78 is 51.8. The van der Waals surface area contributed by atoms with Crippen molar-refractivity contribution in [2.75, 3.05) is 6.79 Å². The smallest absolute Gasteiger partial charge is 0.417 e. The Labute approximate surface area is 224 Å². The van der Waals surface area contributed by atoms with E-state index in [2.05, 4.69) is 20.8 Å². The van der Waals surface area contributed by atoms with Gasteiger partial charge in [0, 0.05) is 0 Å². The molecule has 0 bridgehead atoms. The molecule has 4 fully saturated rings. The number of halogens is 3. The SMILES string of the molecule is C[C@@H]([C@H]1CC[C@H]2[C@@H]3CC[C@@H]4C[C@@](O)(C(F)(F)F)CC[C@]4(C)[C@H]3CC[C@]12C)[C@@H](C)OCOC(=O)CCC(=O)O. The number of hydrogen-bond donors (Lipinski definition) is 2. The molecular weight excluding hydrogens is 501 g/mol. The van der Waals surface area contributed by atoms with Crippen molar-refractivity contribution in [1.82, 2.24) is 0 Å². The molecule has 4 saturated carbocycles. The minimum absolute atomic E-state index is 0.0868. The van der Waals surface area contributed by atoms with Gasteiger partial charge in [-0.1, -0.05) is 20.8 Å². The number of rotatable bonds is 8. The largest absolute Gasteiger partial charge is 0.481 e. The Kier molecular flexibility index (Phi) is 8.24. The average Bonchev–Trinajstić information content (AvgIpc) is 3.19. The van der Waals surface area contributed by atoms with E-state index in [4.69, 9.17) is 14.6 Å². The lowest BCUT2D eigenvalue weighted by molar-refractivity contribution is -0.290. The molecule has 4 rings (SSSR count). The monoisotopic (exact) mass is 546 g/mol. The molecule has 0 spiro atoms. The molecule has 2 N–H and O–H groups in total. The van der Waals surface area contributed by atoms with Crippen LogP contribution in [0.15, 0.2) is 0 Å².